The van der Waals surface area contributed by atoms with Gasteiger partial charge in [0.1, 0.15) is 5.75 Å². The lowest BCUT2D eigenvalue weighted by Crippen LogP contribution is -2.13. The lowest BCUT2D eigenvalue weighted by molar-refractivity contribution is -0.0498. The summed E-state index contributed by atoms with van der Waals surface area (Å²) in [5.41, 5.74) is 0.569. The molecule has 0 aromatic heterocycles. The zero-order valence-electron chi connectivity index (χ0n) is 9.07. The van der Waals surface area contributed by atoms with Crippen molar-refractivity contribution in [3.8, 4) is 5.75 Å². The number of benzene rings is 1. The third-order valence-corrected chi connectivity index (χ3v) is 3.83. The van der Waals surface area contributed by atoms with Crippen LogP contribution in [-0.2, 0) is 0 Å². The van der Waals surface area contributed by atoms with Gasteiger partial charge < -0.3 is 4.74 Å². The van der Waals surface area contributed by atoms with Crippen LogP contribution >= 0.6 is 11.8 Å². The van der Waals surface area contributed by atoms with Crippen LogP contribution in [0.2, 0.25) is 0 Å². The number of halogens is 2. The first kappa shape index (κ1) is 12.4. The Kier molecular flexibility index (Phi) is 3.99. The molecule has 0 radical (unpaired) electrons. The van der Waals surface area contributed by atoms with Gasteiger partial charge in [0, 0.05) is 17.2 Å². The maximum Gasteiger partial charge on any atom is 0.387 e. The Morgan fingerprint density at radius 2 is 2.06 bits per heavy atom. The highest BCUT2D eigenvalue weighted by Gasteiger charge is 2.24. The van der Waals surface area contributed by atoms with E-state index in [2.05, 4.69) is 4.74 Å². The Bertz CT molecular complexity index is 386. The van der Waals surface area contributed by atoms with Crippen molar-refractivity contribution in [1.29, 1.82) is 0 Å². The number of thioether (sulfide) groups is 1. The van der Waals surface area contributed by atoms with E-state index in [0.29, 0.717) is 5.56 Å². The van der Waals surface area contributed by atoms with Crippen molar-refractivity contribution in [2.75, 3.05) is 11.5 Å². The monoisotopic (exact) mass is 258 g/mol. The van der Waals surface area contributed by atoms with E-state index < -0.39 is 6.61 Å². The fourth-order valence-electron chi connectivity index (χ4n) is 1.78. The minimum atomic E-state index is -2.83. The van der Waals surface area contributed by atoms with Crippen LogP contribution in [-0.4, -0.2) is 23.9 Å². The second-order valence-electron chi connectivity index (χ2n) is 3.83. The summed E-state index contributed by atoms with van der Waals surface area (Å²) in [4.78, 5) is 12.0. The molecule has 17 heavy (non-hydrogen) atoms. The molecule has 1 fully saturated rings. The van der Waals surface area contributed by atoms with Crippen molar-refractivity contribution in [3.05, 3.63) is 29.8 Å². The largest absolute Gasteiger partial charge is 0.435 e. The normalized spacial score (nSPS) is 19.6. The van der Waals surface area contributed by atoms with Gasteiger partial charge in [-0.1, -0.05) is 0 Å². The summed E-state index contributed by atoms with van der Waals surface area (Å²) >= 11 is 1.77. The summed E-state index contributed by atoms with van der Waals surface area (Å²) in [7, 11) is 0. The molecule has 0 N–H and O–H groups in total. The molecule has 1 heterocycles. The van der Waals surface area contributed by atoms with Crippen molar-refractivity contribution in [2.45, 2.75) is 13.0 Å². The van der Waals surface area contributed by atoms with Gasteiger partial charge in [0.05, 0.1) is 0 Å². The number of Topliss-reactive ketones (excluding diaryl/α,β-unsaturated/α-hetero) is 1. The molecule has 1 unspecified atom stereocenters. The summed E-state index contributed by atoms with van der Waals surface area (Å²) in [5, 5.41) is 0. The summed E-state index contributed by atoms with van der Waals surface area (Å²) in [6.45, 7) is -2.83. The van der Waals surface area contributed by atoms with E-state index in [4.69, 9.17) is 0 Å². The fraction of sp³-hybridized carbons (Fsp3) is 0.417. The molecule has 92 valence electrons. The smallest absolute Gasteiger partial charge is 0.387 e. The highest BCUT2D eigenvalue weighted by molar-refractivity contribution is 7.99. The molecule has 0 spiro atoms. The fourth-order valence-corrected chi connectivity index (χ4v) is 3.00. The molecule has 1 aromatic rings. The summed E-state index contributed by atoms with van der Waals surface area (Å²) in [6, 6.07) is 5.90. The molecular formula is C12H12F2O2S. The molecule has 1 atom stereocenters. The number of alkyl halides is 2. The number of ether oxygens (including phenoxy) is 1. The second-order valence-corrected chi connectivity index (χ2v) is 4.98. The molecular weight excluding hydrogens is 246 g/mol. The highest BCUT2D eigenvalue weighted by Crippen LogP contribution is 2.27. The molecule has 0 aliphatic carbocycles. The van der Waals surface area contributed by atoms with Crippen LogP contribution in [0.15, 0.2) is 24.3 Å². The SMILES string of the molecule is O=C(c1ccc(OC(F)F)cc1)C1CCSC1. The molecule has 2 rings (SSSR count). The Labute approximate surface area is 102 Å². The van der Waals surface area contributed by atoms with Crippen molar-refractivity contribution < 1.29 is 18.3 Å². The van der Waals surface area contributed by atoms with Gasteiger partial charge in [-0.3, -0.25) is 4.79 Å². The minimum Gasteiger partial charge on any atom is -0.435 e. The zero-order valence-corrected chi connectivity index (χ0v) is 9.88. The average Bonchev–Trinajstić information content (AvgIpc) is 2.82. The van der Waals surface area contributed by atoms with Crippen LogP contribution in [0.25, 0.3) is 0 Å². The predicted octanol–water partition coefficient (Wildman–Crippen LogP) is 3.22. The third kappa shape index (κ3) is 3.19. The first-order chi connectivity index (χ1) is 8.16. The summed E-state index contributed by atoms with van der Waals surface area (Å²) in [6.07, 6.45) is 0.902. The molecule has 1 aliphatic rings. The van der Waals surface area contributed by atoms with Crippen LogP contribution in [0.1, 0.15) is 16.8 Å². The number of ketones is 1. The lowest BCUT2D eigenvalue weighted by atomic mass is 9.97. The number of hydrogen-bond donors (Lipinski definition) is 0. The van der Waals surface area contributed by atoms with Gasteiger partial charge in [0.25, 0.3) is 0 Å². The Hall–Kier alpha value is -1.10. The Morgan fingerprint density at radius 1 is 1.35 bits per heavy atom. The van der Waals surface area contributed by atoms with Crippen molar-refractivity contribution >= 4 is 17.5 Å². The van der Waals surface area contributed by atoms with Crippen molar-refractivity contribution in [1.82, 2.24) is 0 Å². The quantitative estimate of drug-likeness (QED) is 0.776. The minimum absolute atomic E-state index is 0.0712. The maximum absolute atomic E-state index is 12.0. The number of hydrogen-bond acceptors (Lipinski definition) is 3. The van der Waals surface area contributed by atoms with Gasteiger partial charge in [0.15, 0.2) is 5.78 Å². The standard InChI is InChI=1S/C12H12F2O2S/c13-12(14)16-10-3-1-8(2-4-10)11(15)9-5-6-17-7-9/h1-4,9,12H,5-7H2. The summed E-state index contributed by atoms with van der Waals surface area (Å²) < 4.78 is 28.1. The number of rotatable bonds is 4. The lowest BCUT2D eigenvalue weighted by Gasteiger charge is -2.08. The van der Waals surface area contributed by atoms with E-state index in [1.165, 1.54) is 12.1 Å². The van der Waals surface area contributed by atoms with Crippen molar-refractivity contribution in [2.24, 2.45) is 5.92 Å². The maximum atomic E-state index is 12.0. The zero-order chi connectivity index (χ0) is 12.3. The molecule has 1 saturated heterocycles. The van der Waals surface area contributed by atoms with Crippen LogP contribution in [0.3, 0.4) is 0 Å². The van der Waals surface area contributed by atoms with Crippen LogP contribution in [0.5, 0.6) is 5.75 Å². The number of carbonyl (C=O) groups excluding carboxylic acids is 1. The van der Waals surface area contributed by atoms with Gasteiger partial charge in [-0.25, -0.2) is 0 Å². The van der Waals surface area contributed by atoms with E-state index in [0.717, 1.165) is 17.9 Å². The topological polar surface area (TPSA) is 26.3 Å². The molecule has 0 bridgehead atoms. The first-order valence-electron chi connectivity index (χ1n) is 5.33. The van der Waals surface area contributed by atoms with Gasteiger partial charge in [0.2, 0.25) is 0 Å². The van der Waals surface area contributed by atoms with E-state index in [1.54, 1.807) is 23.9 Å². The first-order valence-corrected chi connectivity index (χ1v) is 6.49. The van der Waals surface area contributed by atoms with E-state index in [-0.39, 0.29) is 17.5 Å². The Balaban J connectivity index is 2.04. The number of carbonyl (C=O) groups is 1. The molecule has 0 saturated carbocycles. The molecule has 1 aromatic carbocycles. The van der Waals surface area contributed by atoms with Gasteiger partial charge in [-0.05, 0) is 36.4 Å². The second kappa shape index (κ2) is 5.49. The van der Waals surface area contributed by atoms with Crippen molar-refractivity contribution in [3.63, 3.8) is 0 Å². The van der Waals surface area contributed by atoms with E-state index >= 15 is 0 Å². The van der Waals surface area contributed by atoms with Gasteiger partial charge in [-0.2, -0.15) is 20.5 Å². The average molecular weight is 258 g/mol. The highest BCUT2D eigenvalue weighted by atomic mass is 32.2. The van der Waals surface area contributed by atoms with Crippen LogP contribution in [0, 0.1) is 5.92 Å². The molecule has 0 amide bonds. The Morgan fingerprint density at radius 3 is 2.59 bits per heavy atom. The predicted molar refractivity (Wildman–Crippen MR) is 62.8 cm³/mol. The molecule has 1 aliphatic heterocycles. The van der Waals surface area contributed by atoms with Gasteiger partial charge in [-0.15, -0.1) is 0 Å². The molecule has 5 heteroatoms. The van der Waals surface area contributed by atoms with E-state index in [1.807, 2.05) is 0 Å². The van der Waals surface area contributed by atoms with Crippen LogP contribution < -0.4 is 4.74 Å². The van der Waals surface area contributed by atoms with Crippen LogP contribution in [0.4, 0.5) is 8.78 Å². The third-order valence-electron chi connectivity index (χ3n) is 2.66. The molecule has 2 nitrogen and oxygen atoms in total. The summed E-state index contributed by atoms with van der Waals surface area (Å²) in [5.74, 6) is 2.12. The van der Waals surface area contributed by atoms with E-state index in [9.17, 15) is 13.6 Å². The van der Waals surface area contributed by atoms with Gasteiger partial charge >= 0.3 is 6.61 Å².